The van der Waals surface area contributed by atoms with E-state index in [2.05, 4.69) is 52.6 Å². The summed E-state index contributed by atoms with van der Waals surface area (Å²) in [6.07, 6.45) is 4.92. The lowest BCUT2D eigenvalue weighted by Gasteiger charge is -2.14. The topological polar surface area (TPSA) is 76.1 Å². The lowest BCUT2D eigenvalue weighted by atomic mass is 10.0. The molecule has 0 radical (unpaired) electrons. The second-order valence-electron chi connectivity index (χ2n) is 6.56. The van der Waals surface area contributed by atoms with E-state index in [1.165, 1.54) is 17.3 Å². The molecule has 0 aliphatic rings. The van der Waals surface area contributed by atoms with Crippen LogP contribution in [0.15, 0.2) is 54.9 Å². The van der Waals surface area contributed by atoms with E-state index in [0.29, 0.717) is 12.4 Å². The molecule has 3 aromatic rings. The number of hydrogen-bond donors (Lipinski definition) is 2. The monoisotopic (exact) mass is 390 g/mol. The highest BCUT2D eigenvalue weighted by Crippen LogP contribution is 2.25. The zero-order valence-electron chi connectivity index (χ0n) is 17.0. The van der Waals surface area contributed by atoms with Crippen molar-refractivity contribution in [3.8, 4) is 5.75 Å². The Labute approximate surface area is 171 Å². The molecule has 0 fully saturated rings. The van der Waals surface area contributed by atoms with Gasteiger partial charge in [0.2, 0.25) is 0 Å². The molecule has 1 amide bonds. The summed E-state index contributed by atoms with van der Waals surface area (Å²) in [4.78, 5) is 21.1. The molecule has 0 bridgehead atoms. The molecule has 0 atom stereocenters. The molecule has 2 N–H and O–H groups in total. The molecule has 29 heavy (non-hydrogen) atoms. The number of benzene rings is 2. The molecular weight excluding hydrogens is 364 g/mol. The maximum atomic E-state index is 12.4. The molecule has 6 nitrogen and oxygen atoms in total. The van der Waals surface area contributed by atoms with E-state index < -0.39 is 0 Å². The summed E-state index contributed by atoms with van der Waals surface area (Å²) in [5.41, 5.74) is 4.69. The molecule has 0 aliphatic carbocycles. The van der Waals surface area contributed by atoms with E-state index in [0.717, 1.165) is 29.8 Å². The third kappa shape index (κ3) is 4.90. The number of anilines is 2. The SMILES string of the molecule is CCc1cccc(CC)c1Nc1cnc(C(=O)NCc2ccccc2OC)cn1. The Hall–Kier alpha value is -3.41. The lowest BCUT2D eigenvalue weighted by molar-refractivity contribution is 0.0945. The van der Waals surface area contributed by atoms with E-state index >= 15 is 0 Å². The van der Waals surface area contributed by atoms with Gasteiger partial charge in [-0.2, -0.15) is 0 Å². The maximum absolute atomic E-state index is 12.4. The second-order valence-corrected chi connectivity index (χ2v) is 6.56. The van der Waals surface area contributed by atoms with Crippen molar-refractivity contribution in [3.05, 3.63) is 77.2 Å². The molecular formula is C23H26N4O2. The van der Waals surface area contributed by atoms with Gasteiger partial charge in [0, 0.05) is 17.8 Å². The quantitative estimate of drug-likeness (QED) is 0.600. The van der Waals surface area contributed by atoms with Gasteiger partial charge in [-0.3, -0.25) is 4.79 Å². The number of rotatable bonds is 8. The standard InChI is InChI=1S/C23H26N4O2/c1-4-16-10-8-11-17(5-2)22(16)27-21-15-24-19(14-25-21)23(28)26-13-18-9-6-7-12-20(18)29-3/h6-12,14-15H,4-5,13H2,1-3H3,(H,25,27)(H,26,28). The van der Waals surface area contributed by atoms with Crippen LogP contribution in [0.3, 0.4) is 0 Å². The van der Waals surface area contributed by atoms with Crippen molar-refractivity contribution < 1.29 is 9.53 Å². The predicted molar refractivity (Wildman–Crippen MR) is 115 cm³/mol. The Balaban J connectivity index is 1.68. The molecule has 6 heteroatoms. The van der Waals surface area contributed by atoms with Crippen LogP contribution >= 0.6 is 0 Å². The van der Waals surface area contributed by atoms with Crippen molar-refractivity contribution in [2.45, 2.75) is 33.2 Å². The molecule has 0 saturated carbocycles. The number of carbonyl (C=O) groups excluding carboxylic acids is 1. The van der Waals surface area contributed by atoms with Crippen molar-refractivity contribution in [2.75, 3.05) is 12.4 Å². The van der Waals surface area contributed by atoms with Gasteiger partial charge in [-0.1, -0.05) is 50.2 Å². The number of methoxy groups -OCH3 is 1. The summed E-state index contributed by atoms with van der Waals surface area (Å²) in [7, 11) is 1.61. The Bertz CT molecular complexity index is 949. The fourth-order valence-electron chi connectivity index (χ4n) is 3.16. The van der Waals surface area contributed by atoms with E-state index in [-0.39, 0.29) is 11.6 Å². The summed E-state index contributed by atoms with van der Waals surface area (Å²) in [5.74, 6) is 1.07. The second kappa shape index (κ2) is 9.68. The number of nitrogens with one attached hydrogen (secondary N) is 2. The predicted octanol–water partition coefficient (Wildman–Crippen LogP) is 4.28. The van der Waals surface area contributed by atoms with Gasteiger partial charge in [0.25, 0.3) is 5.91 Å². The number of amides is 1. The Morgan fingerprint density at radius 2 is 1.62 bits per heavy atom. The Kier molecular flexibility index (Phi) is 6.79. The zero-order chi connectivity index (χ0) is 20.6. The molecule has 1 heterocycles. The molecule has 2 aromatic carbocycles. The summed E-state index contributed by atoms with van der Waals surface area (Å²) >= 11 is 0. The van der Waals surface area contributed by atoms with Gasteiger partial charge in [-0.15, -0.1) is 0 Å². The third-order valence-electron chi connectivity index (χ3n) is 4.77. The Morgan fingerprint density at radius 1 is 0.931 bits per heavy atom. The molecule has 0 spiro atoms. The van der Waals surface area contributed by atoms with E-state index in [1.54, 1.807) is 13.3 Å². The van der Waals surface area contributed by atoms with Crippen molar-refractivity contribution in [1.82, 2.24) is 15.3 Å². The number of hydrogen-bond acceptors (Lipinski definition) is 5. The van der Waals surface area contributed by atoms with Crippen LogP contribution in [-0.2, 0) is 19.4 Å². The lowest BCUT2D eigenvalue weighted by Crippen LogP contribution is -2.24. The van der Waals surface area contributed by atoms with Crippen molar-refractivity contribution >= 4 is 17.4 Å². The molecule has 150 valence electrons. The van der Waals surface area contributed by atoms with Crippen LogP contribution in [-0.4, -0.2) is 23.0 Å². The van der Waals surface area contributed by atoms with E-state index in [4.69, 9.17) is 4.74 Å². The summed E-state index contributed by atoms with van der Waals surface area (Å²) in [5, 5.41) is 6.21. The van der Waals surface area contributed by atoms with Gasteiger partial charge in [0.05, 0.1) is 19.5 Å². The first kappa shape index (κ1) is 20.3. The minimum atomic E-state index is -0.279. The molecule has 0 unspecified atom stereocenters. The van der Waals surface area contributed by atoms with Gasteiger partial charge >= 0.3 is 0 Å². The van der Waals surface area contributed by atoms with Crippen LogP contribution in [0, 0.1) is 0 Å². The third-order valence-corrected chi connectivity index (χ3v) is 4.77. The normalized spacial score (nSPS) is 10.4. The minimum Gasteiger partial charge on any atom is -0.496 e. The van der Waals surface area contributed by atoms with Crippen LogP contribution < -0.4 is 15.4 Å². The number of carbonyl (C=O) groups is 1. The number of para-hydroxylation sites is 2. The van der Waals surface area contributed by atoms with E-state index in [9.17, 15) is 4.79 Å². The summed E-state index contributed by atoms with van der Waals surface area (Å²) < 4.78 is 5.31. The average molecular weight is 390 g/mol. The fraction of sp³-hybridized carbons (Fsp3) is 0.261. The number of aromatic nitrogens is 2. The first-order chi connectivity index (χ1) is 14.2. The zero-order valence-corrected chi connectivity index (χ0v) is 17.0. The van der Waals surface area contributed by atoms with Crippen LogP contribution in [0.25, 0.3) is 0 Å². The van der Waals surface area contributed by atoms with Gasteiger partial charge in [0.15, 0.2) is 0 Å². The summed E-state index contributed by atoms with van der Waals surface area (Å²) in [6, 6.07) is 13.9. The largest absolute Gasteiger partial charge is 0.496 e. The molecule has 0 aliphatic heterocycles. The average Bonchev–Trinajstić information content (AvgIpc) is 2.78. The van der Waals surface area contributed by atoms with Crippen LogP contribution in [0.2, 0.25) is 0 Å². The van der Waals surface area contributed by atoms with Gasteiger partial charge in [0.1, 0.15) is 17.3 Å². The van der Waals surface area contributed by atoms with Crippen molar-refractivity contribution in [3.63, 3.8) is 0 Å². The number of nitrogens with zero attached hydrogens (tertiary/aromatic N) is 2. The maximum Gasteiger partial charge on any atom is 0.271 e. The van der Waals surface area contributed by atoms with Gasteiger partial charge < -0.3 is 15.4 Å². The van der Waals surface area contributed by atoms with Gasteiger partial charge in [-0.05, 0) is 30.0 Å². The van der Waals surface area contributed by atoms with Crippen LogP contribution in [0.5, 0.6) is 5.75 Å². The van der Waals surface area contributed by atoms with Gasteiger partial charge in [-0.25, -0.2) is 9.97 Å². The highest BCUT2D eigenvalue weighted by Gasteiger charge is 2.11. The smallest absolute Gasteiger partial charge is 0.271 e. The fourth-order valence-corrected chi connectivity index (χ4v) is 3.16. The minimum absolute atomic E-state index is 0.268. The molecule has 0 saturated heterocycles. The highest BCUT2D eigenvalue weighted by molar-refractivity contribution is 5.92. The summed E-state index contributed by atoms with van der Waals surface area (Å²) in [6.45, 7) is 4.61. The number of ether oxygens (including phenoxy) is 1. The van der Waals surface area contributed by atoms with Crippen molar-refractivity contribution in [2.24, 2.45) is 0 Å². The molecule has 3 rings (SSSR count). The number of aryl methyl sites for hydroxylation is 2. The van der Waals surface area contributed by atoms with Crippen LogP contribution in [0.1, 0.15) is 41.0 Å². The van der Waals surface area contributed by atoms with Crippen molar-refractivity contribution in [1.29, 1.82) is 0 Å². The first-order valence-corrected chi connectivity index (χ1v) is 9.76. The van der Waals surface area contributed by atoms with E-state index in [1.807, 2.05) is 24.3 Å². The molecule has 1 aromatic heterocycles. The van der Waals surface area contributed by atoms with Crippen LogP contribution in [0.4, 0.5) is 11.5 Å². The first-order valence-electron chi connectivity index (χ1n) is 9.76. The highest BCUT2D eigenvalue weighted by atomic mass is 16.5. The Morgan fingerprint density at radius 3 is 2.24 bits per heavy atom.